The normalized spacial score (nSPS) is 14.6. The lowest BCUT2D eigenvalue weighted by Crippen LogP contribution is -2.51. The first-order valence-electron chi connectivity index (χ1n) is 15.2. The van der Waals surface area contributed by atoms with Crippen LogP contribution in [0.5, 0.6) is 5.75 Å². The minimum Gasteiger partial charge on any atom is -0.493 e. The number of para-hydroxylation sites is 2. The third kappa shape index (κ3) is 7.87. The van der Waals surface area contributed by atoms with Gasteiger partial charge in [-0.3, -0.25) is 19.2 Å². The second kappa shape index (κ2) is 15.0. The highest BCUT2D eigenvalue weighted by Crippen LogP contribution is 2.26. The molecule has 0 spiro atoms. The highest BCUT2D eigenvalue weighted by atomic mass is 35.5. The van der Waals surface area contributed by atoms with Gasteiger partial charge in [0, 0.05) is 62.5 Å². The van der Waals surface area contributed by atoms with E-state index in [2.05, 4.69) is 22.3 Å². The summed E-state index contributed by atoms with van der Waals surface area (Å²) in [6, 6.07) is 21.8. The van der Waals surface area contributed by atoms with Gasteiger partial charge in [-0.25, -0.2) is 0 Å². The summed E-state index contributed by atoms with van der Waals surface area (Å²) in [7, 11) is 1.45. The van der Waals surface area contributed by atoms with Gasteiger partial charge in [0.1, 0.15) is 0 Å². The van der Waals surface area contributed by atoms with Gasteiger partial charge in [0.15, 0.2) is 22.5 Å². The van der Waals surface area contributed by atoms with Crippen molar-refractivity contribution in [2.75, 3.05) is 51.3 Å². The van der Waals surface area contributed by atoms with Gasteiger partial charge in [0.25, 0.3) is 5.91 Å². The lowest BCUT2D eigenvalue weighted by Gasteiger charge is -2.37. The standard InChI is InChI=1S/C28H30N4O6.C7H7Cl/c1-37-23-9-4-7-20-22(33)16-24(38-27(20)23)28(36)29-17-26(35)31-14-12-30(13-15-31)21-8-3-2-6-19(21)18-32-11-5-10-25(32)34;1-6-2-4-7(8)5-3-6/h2-4,6-9,16H,5,10-15,17-18H2,1H3,(H,29,36);2-5H,1H3. The maximum Gasteiger partial charge on any atom is 0.287 e. The molecule has 3 aromatic carbocycles. The molecule has 6 rings (SSSR count). The molecule has 1 N–H and O–H groups in total. The molecule has 2 aliphatic rings. The quantitative estimate of drug-likeness (QED) is 0.312. The number of methoxy groups -OCH3 is 1. The van der Waals surface area contributed by atoms with Crippen LogP contribution in [-0.2, 0) is 16.1 Å². The largest absolute Gasteiger partial charge is 0.493 e. The first-order valence-corrected chi connectivity index (χ1v) is 15.6. The Labute approximate surface area is 272 Å². The zero-order valence-corrected chi connectivity index (χ0v) is 26.7. The molecule has 3 heterocycles. The van der Waals surface area contributed by atoms with Gasteiger partial charge in [-0.2, -0.15) is 0 Å². The van der Waals surface area contributed by atoms with Gasteiger partial charge >= 0.3 is 0 Å². The predicted octanol–water partition coefficient (Wildman–Crippen LogP) is 4.65. The molecule has 2 saturated heterocycles. The van der Waals surface area contributed by atoms with Crippen molar-refractivity contribution < 1.29 is 23.5 Å². The topological polar surface area (TPSA) is 112 Å². The van der Waals surface area contributed by atoms with Crippen molar-refractivity contribution in [1.82, 2.24) is 15.1 Å². The number of carbonyl (C=O) groups is 3. The molecular weight excluding hydrogens is 608 g/mol. The summed E-state index contributed by atoms with van der Waals surface area (Å²) in [6.45, 7) is 5.51. The van der Waals surface area contributed by atoms with Gasteiger partial charge in [0.05, 0.1) is 19.0 Å². The molecular formula is C35H37ClN4O6. The Hall–Kier alpha value is -4.83. The van der Waals surface area contributed by atoms with Gasteiger partial charge in [0.2, 0.25) is 11.8 Å². The number of nitrogens with one attached hydrogen (secondary N) is 1. The number of ether oxygens (including phenoxy) is 1. The number of amides is 3. The number of hydrogen-bond donors (Lipinski definition) is 1. The number of halogens is 1. The van der Waals surface area contributed by atoms with Crippen LogP contribution in [0.2, 0.25) is 5.02 Å². The smallest absolute Gasteiger partial charge is 0.287 e. The monoisotopic (exact) mass is 644 g/mol. The predicted molar refractivity (Wildman–Crippen MR) is 177 cm³/mol. The number of piperazine rings is 1. The van der Waals surface area contributed by atoms with Crippen LogP contribution in [0, 0.1) is 6.92 Å². The SMILES string of the molecule is COc1cccc2c(=O)cc(C(=O)NCC(=O)N3CCN(c4ccccc4CN4CCCC4=O)CC3)oc12.Cc1ccc(Cl)cc1. The highest BCUT2D eigenvalue weighted by molar-refractivity contribution is 6.30. The molecule has 10 nitrogen and oxygen atoms in total. The number of carbonyl (C=O) groups excluding carboxylic acids is 3. The molecule has 0 radical (unpaired) electrons. The summed E-state index contributed by atoms with van der Waals surface area (Å²) in [5.41, 5.74) is 3.24. The van der Waals surface area contributed by atoms with Crippen LogP contribution >= 0.6 is 11.6 Å². The molecule has 0 unspecified atom stereocenters. The van der Waals surface area contributed by atoms with E-state index in [1.165, 1.54) is 12.7 Å². The van der Waals surface area contributed by atoms with Crippen LogP contribution in [0.15, 0.2) is 82.0 Å². The second-order valence-electron chi connectivity index (χ2n) is 11.2. The van der Waals surface area contributed by atoms with E-state index in [9.17, 15) is 19.2 Å². The molecule has 3 amide bonds. The van der Waals surface area contributed by atoms with E-state index in [0.717, 1.165) is 35.3 Å². The van der Waals surface area contributed by atoms with E-state index in [-0.39, 0.29) is 35.1 Å². The van der Waals surface area contributed by atoms with Crippen molar-refractivity contribution >= 4 is 46.0 Å². The van der Waals surface area contributed by atoms with E-state index < -0.39 is 5.91 Å². The first kappa shape index (κ1) is 32.6. The number of rotatable bonds is 7. The van der Waals surface area contributed by atoms with Crippen LogP contribution in [0.4, 0.5) is 5.69 Å². The minimum absolute atomic E-state index is 0.183. The number of anilines is 1. The average molecular weight is 645 g/mol. The molecule has 0 bridgehead atoms. The van der Waals surface area contributed by atoms with Crippen LogP contribution in [-0.4, -0.2) is 73.9 Å². The lowest BCUT2D eigenvalue weighted by atomic mass is 10.1. The summed E-state index contributed by atoms with van der Waals surface area (Å²) in [5.74, 6) is -0.504. The fourth-order valence-electron chi connectivity index (χ4n) is 5.54. The molecule has 240 valence electrons. The number of nitrogens with zero attached hydrogens (tertiary/aromatic N) is 3. The fourth-order valence-corrected chi connectivity index (χ4v) is 5.66. The van der Waals surface area contributed by atoms with E-state index in [1.807, 2.05) is 48.2 Å². The van der Waals surface area contributed by atoms with E-state index >= 15 is 0 Å². The van der Waals surface area contributed by atoms with Crippen molar-refractivity contribution in [3.05, 3.63) is 105 Å². The third-order valence-corrected chi connectivity index (χ3v) is 8.32. The van der Waals surface area contributed by atoms with Crippen LogP contribution in [0.1, 0.15) is 34.5 Å². The lowest BCUT2D eigenvalue weighted by molar-refractivity contribution is -0.130. The van der Waals surface area contributed by atoms with Crippen molar-refractivity contribution in [1.29, 1.82) is 0 Å². The average Bonchev–Trinajstić information content (AvgIpc) is 3.48. The van der Waals surface area contributed by atoms with Crippen LogP contribution in [0.25, 0.3) is 11.0 Å². The van der Waals surface area contributed by atoms with Crippen LogP contribution < -0.4 is 20.4 Å². The molecule has 0 atom stereocenters. The molecule has 4 aromatic rings. The number of hydrogen-bond acceptors (Lipinski definition) is 7. The summed E-state index contributed by atoms with van der Waals surface area (Å²) in [6.07, 6.45) is 1.51. The second-order valence-corrected chi connectivity index (χ2v) is 11.6. The van der Waals surface area contributed by atoms with E-state index in [0.29, 0.717) is 50.3 Å². The summed E-state index contributed by atoms with van der Waals surface area (Å²) >= 11 is 5.61. The Morgan fingerprint density at radius 2 is 1.67 bits per heavy atom. The molecule has 0 aliphatic carbocycles. The minimum atomic E-state index is -0.646. The Balaban J connectivity index is 0.000000455. The Morgan fingerprint density at radius 1 is 0.935 bits per heavy atom. The Bertz CT molecular complexity index is 1740. The van der Waals surface area contributed by atoms with Gasteiger partial charge in [-0.15, -0.1) is 0 Å². The van der Waals surface area contributed by atoms with Gasteiger partial charge in [-0.1, -0.05) is 53.6 Å². The highest BCUT2D eigenvalue weighted by Gasteiger charge is 2.26. The van der Waals surface area contributed by atoms with Gasteiger partial charge in [-0.05, 0) is 49.2 Å². The van der Waals surface area contributed by atoms with E-state index in [4.69, 9.17) is 20.8 Å². The third-order valence-electron chi connectivity index (χ3n) is 8.07. The van der Waals surface area contributed by atoms with Crippen molar-refractivity contribution in [3.8, 4) is 5.75 Å². The number of aryl methyl sites for hydroxylation is 1. The van der Waals surface area contributed by atoms with Crippen molar-refractivity contribution in [2.45, 2.75) is 26.3 Å². The summed E-state index contributed by atoms with van der Waals surface area (Å²) in [5, 5.41) is 3.68. The first-order chi connectivity index (χ1) is 22.2. The molecule has 46 heavy (non-hydrogen) atoms. The summed E-state index contributed by atoms with van der Waals surface area (Å²) < 4.78 is 10.9. The number of likely N-dealkylation sites (tertiary alicyclic amines) is 1. The zero-order valence-electron chi connectivity index (χ0n) is 26.0. The van der Waals surface area contributed by atoms with Crippen molar-refractivity contribution in [2.24, 2.45) is 0 Å². The maximum atomic E-state index is 12.8. The molecule has 0 saturated carbocycles. The Kier molecular flexibility index (Phi) is 10.6. The summed E-state index contributed by atoms with van der Waals surface area (Å²) in [4.78, 5) is 55.9. The van der Waals surface area contributed by atoms with E-state index in [1.54, 1.807) is 23.1 Å². The van der Waals surface area contributed by atoms with Gasteiger partial charge < -0.3 is 29.2 Å². The molecule has 1 aromatic heterocycles. The number of fused-ring (bicyclic) bond motifs is 1. The maximum absolute atomic E-state index is 12.8. The molecule has 2 aliphatic heterocycles. The van der Waals surface area contributed by atoms with Crippen molar-refractivity contribution in [3.63, 3.8) is 0 Å². The fraction of sp³-hybridized carbons (Fsp3) is 0.314. The molecule has 11 heteroatoms. The Morgan fingerprint density at radius 3 is 2.35 bits per heavy atom. The number of benzene rings is 3. The zero-order chi connectivity index (χ0) is 32.6. The molecule has 2 fully saturated rings. The van der Waals surface area contributed by atoms with Crippen LogP contribution in [0.3, 0.4) is 0 Å².